The summed E-state index contributed by atoms with van der Waals surface area (Å²) < 4.78 is 4.73. The van der Waals surface area contributed by atoms with Gasteiger partial charge in [-0.15, -0.1) is 0 Å². The van der Waals surface area contributed by atoms with Crippen molar-refractivity contribution in [2.45, 2.75) is 6.04 Å². The minimum atomic E-state index is -0.315. The molecule has 94 valence electrons. The maximum Gasteiger partial charge on any atom is 0.335 e. The number of benzene rings is 1. The quantitative estimate of drug-likeness (QED) is 0.805. The molecular weight excluding hydrogens is 235 g/mol. The molecule has 4 nitrogen and oxygen atoms in total. The van der Waals surface area contributed by atoms with E-state index in [1.807, 2.05) is 18.2 Å². The average Bonchev–Trinajstić information content (AvgIpc) is 2.87. The Morgan fingerprint density at radius 2 is 2.11 bits per heavy atom. The number of nitrogens with zero attached hydrogens (tertiary/aromatic N) is 1. The highest BCUT2D eigenvalue weighted by Gasteiger charge is 2.26. The molecule has 0 radical (unpaired) electrons. The predicted molar refractivity (Wildman–Crippen MR) is 64.5 cm³/mol. The van der Waals surface area contributed by atoms with Gasteiger partial charge in [-0.2, -0.15) is 5.26 Å². The third-order valence-corrected chi connectivity index (χ3v) is 2.75. The number of esters is 1. The van der Waals surface area contributed by atoms with Crippen LogP contribution in [0.3, 0.4) is 0 Å². The SMILES string of the molecule is COC(=O)C1=CCNC1c1ccc(C#N)cc1.F. The van der Waals surface area contributed by atoms with Crippen LogP contribution in [0.25, 0.3) is 0 Å². The van der Waals surface area contributed by atoms with Gasteiger partial charge in [0.05, 0.1) is 30.4 Å². The summed E-state index contributed by atoms with van der Waals surface area (Å²) in [6, 6.07) is 9.09. The Morgan fingerprint density at radius 1 is 1.44 bits per heavy atom. The van der Waals surface area contributed by atoms with E-state index in [0.717, 1.165) is 5.56 Å². The first-order valence-electron chi connectivity index (χ1n) is 5.28. The summed E-state index contributed by atoms with van der Waals surface area (Å²) in [5.41, 5.74) is 2.19. The second-order valence-electron chi connectivity index (χ2n) is 3.73. The van der Waals surface area contributed by atoms with E-state index in [2.05, 4.69) is 11.4 Å². The van der Waals surface area contributed by atoms with E-state index in [4.69, 9.17) is 10.00 Å². The van der Waals surface area contributed by atoms with Crippen LogP contribution in [0.2, 0.25) is 0 Å². The molecule has 1 aromatic rings. The molecule has 0 amide bonds. The zero-order valence-electron chi connectivity index (χ0n) is 9.84. The summed E-state index contributed by atoms with van der Waals surface area (Å²) in [6.07, 6.45) is 1.83. The van der Waals surface area contributed by atoms with E-state index < -0.39 is 0 Å². The van der Waals surface area contributed by atoms with Gasteiger partial charge < -0.3 is 10.1 Å². The first kappa shape index (κ1) is 13.9. The molecule has 0 spiro atoms. The number of nitrogens with one attached hydrogen (secondary N) is 1. The fourth-order valence-electron chi connectivity index (χ4n) is 1.88. The molecule has 0 bridgehead atoms. The number of nitriles is 1. The van der Waals surface area contributed by atoms with E-state index in [9.17, 15) is 4.79 Å². The van der Waals surface area contributed by atoms with Crippen LogP contribution in [-0.2, 0) is 9.53 Å². The first-order valence-corrected chi connectivity index (χ1v) is 5.28. The molecule has 0 fully saturated rings. The van der Waals surface area contributed by atoms with E-state index in [1.54, 1.807) is 12.1 Å². The molecule has 1 N–H and O–H groups in total. The summed E-state index contributed by atoms with van der Waals surface area (Å²) in [7, 11) is 1.37. The van der Waals surface area contributed by atoms with Crippen LogP contribution in [-0.4, -0.2) is 19.6 Å². The maximum atomic E-state index is 11.5. The van der Waals surface area contributed by atoms with Gasteiger partial charge >= 0.3 is 5.97 Å². The normalized spacial score (nSPS) is 17.3. The molecule has 5 heteroatoms. The number of hydrogen-bond donors (Lipinski definition) is 1. The topological polar surface area (TPSA) is 62.1 Å². The minimum Gasteiger partial charge on any atom is -0.466 e. The van der Waals surface area contributed by atoms with Crippen LogP contribution in [0.15, 0.2) is 35.9 Å². The number of hydrogen-bond acceptors (Lipinski definition) is 4. The second kappa shape index (κ2) is 5.94. The molecular formula is C13H13FN2O2. The third-order valence-electron chi connectivity index (χ3n) is 2.75. The Bertz CT molecular complexity index is 503. The Labute approximate surface area is 104 Å². The molecule has 0 aliphatic carbocycles. The van der Waals surface area contributed by atoms with Crippen molar-refractivity contribution in [2.75, 3.05) is 13.7 Å². The predicted octanol–water partition coefficient (Wildman–Crippen LogP) is 1.45. The van der Waals surface area contributed by atoms with Crippen molar-refractivity contribution in [3.05, 3.63) is 47.0 Å². The number of ether oxygens (including phenoxy) is 1. The zero-order chi connectivity index (χ0) is 12.3. The summed E-state index contributed by atoms with van der Waals surface area (Å²) in [5.74, 6) is -0.315. The molecule has 1 aliphatic heterocycles. The van der Waals surface area contributed by atoms with Crippen molar-refractivity contribution in [3.8, 4) is 6.07 Å². The third kappa shape index (κ3) is 2.55. The van der Waals surface area contributed by atoms with Gasteiger partial charge in [0.2, 0.25) is 0 Å². The van der Waals surface area contributed by atoms with Crippen LogP contribution in [0.4, 0.5) is 4.70 Å². The molecule has 2 rings (SSSR count). The fourth-order valence-corrected chi connectivity index (χ4v) is 1.88. The van der Waals surface area contributed by atoms with Gasteiger partial charge in [0.25, 0.3) is 0 Å². The van der Waals surface area contributed by atoms with Crippen molar-refractivity contribution in [1.82, 2.24) is 5.32 Å². The highest BCUT2D eigenvalue weighted by atomic mass is 19.0. The number of carbonyl (C=O) groups is 1. The van der Waals surface area contributed by atoms with Crippen molar-refractivity contribution < 1.29 is 14.2 Å². The molecule has 0 saturated carbocycles. The second-order valence-corrected chi connectivity index (χ2v) is 3.73. The monoisotopic (exact) mass is 248 g/mol. The Kier molecular flexibility index (Phi) is 4.58. The number of carbonyl (C=O) groups excluding carboxylic acids is 1. The van der Waals surface area contributed by atoms with Gasteiger partial charge in [-0.3, -0.25) is 4.70 Å². The molecule has 1 aromatic carbocycles. The first-order chi connectivity index (χ1) is 8.26. The molecule has 1 aliphatic rings. The summed E-state index contributed by atoms with van der Waals surface area (Å²) in [5, 5.41) is 11.9. The van der Waals surface area contributed by atoms with E-state index in [0.29, 0.717) is 17.7 Å². The van der Waals surface area contributed by atoms with Crippen LogP contribution >= 0.6 is 0 Å². The number of methoxy groups -OCH3 is 1. The van der Waals surface area contributed by atoms with Crippen molar-refractivity contribution in [3.63, 3.8) is 0 Å². The van der Waals surface area contributed by atoms with Gasteiger partial charge in [-0.25, -0.2) is 4.79 Å². The number of halogens is 1. The molecule has 1 heterocycles. The Balaban J connectivity index is 0.00000162. The molecule has 18 heavy (non-hydrogen) atoms. The maximum absolute atomic E-state index is 11.5. The Morgan fingerprint density at radius 3 is 2.67 bits per heavy atom. The lowest BCUT2D eigenvalue weighted by atomic mass is 10.00. The van der Waals surface area contributed by atoms with Gasteiger partial charge in [0.1, 0.15) is 0 Å². The molecule has 1 atom stereocenters. The fraction of sp³-hybridized carbons (Fsp3) is 0.231. The van der Waals surface area contributed by atoms with Crippen LogP contribution in [0, 0.1) is 11.3 Å². The molecule has 1 unspecified atom stereocenters. The average molecular weight is 248 g/mol. The molecule has 0 aromatic heterocycles. The lowest BCUT2D eigenvalue weighted by Gasteiger charge is -2.14. The van der Waals surface area contributed by atoms with Crippen molar-refractivity contribution >= 4 is 5.97 Å². The van der Waals surface area contributed by atoms with Gasteiger partial charge in [0, 0.05) is 6.54 Å². The van der Waals surface area contributed by atoms with Crippen LogP contribution in [0.5, 0.6) is 0 Å². The number of rotatable bonds is 2. The largest absolute Gasteiger partial charge is 0.466 e. The van der Waals surface area contributed by atoms with E-state index in [1.165, 1.54) is 7.11 Å². The smallest absolute Gasteiger partial charge is 0.335 e. The lowest BCUT2D eigenvalue weighted by Crippen LogP contribution is -2.20. The standard InChI is InChI=1S/C13H12N2O2.FH/c1-17-13(16)11-6-7-15-12(11)10-4-2-9(8-14)3-5-10;/h2-6,12,15H,7H2,1H3;1H. The summed E-state index contributed by atoms with van der Waals surface area (Å²) >= 11 is 0. The lowest BCUT2D eigenvalue weighted by molar-refractivity contribution is -0.136. The van der Waals surface area contributed by atoms with Gasteiger partial charge in [-0.1, -0.05) is 18.2 Å². The van der Waals surface area contributed by atoms with E-state index in [-0.39, 0.29) is 16.7 Å². The Hall–Kier alpha value is -2.19. The zero-order valence-corrected chi connectivity index (χ0v) is 9.84. The summed E-state index contributed by atoms with van der Waals surface area (Å²) in [4.78, 5) is 11.5. The highest BCUT2D eigenvalue weighted by Crippen LogP contribution is 2.26. The van der Waals surface area contributed by atoms with Gasteiger partial charge in [0.15, 0.2) is 0 Å². The van der Waals surface area contributed by atoms with Crippen LogP contribution < -0.4 is 5.32 Å². The van der Waals surface area contributed by atoms with Gasteiger partial charge in [-0.05, 0) is 17.7 Å². The molecule has 0 saturated heterocycles. The minimum absolute atomic E-state index is 0. The van der Waals surface area contributed by atoms with E-state index >= 15 is 0 Å². The summed E-state index contributed by atoms with van der Waals surface area (Å²) in [6.45, 7) is 0.648. The highest BCUT2D eigenvalue weighted by molar-refractivity contribution is 5.90. The van der Waals surface area contributed by atoms with Crippen molar-refractivity contribution in [1.29, 1.82) is 5.26 Å². The van der Waals surface area contributed by atoms with Crippen molar-refractivity contribution in [2.24, 2.45) is 0 Å². The van der Waals surface area contributed by atoms with Crippen LogP contribution in [0.1, 0.15) is 17.2 Å².